The molecule has 0 bridgehead atoms. The summed E-state index contributed by atoms with van der Waals surface area (Å²) in [7, 11) is 1.58. The van der Waals surface area contributed by atoms with Gasteiger partial charge in [0.2, 0.25) is 5.79 Å². The minimum absolute atomic E-state index is 0.149. The molecular formula is C27H34O11. The third-order valence-corrected chi connectivity index (χ3v) is 6.03. The minimum atomic E-state index is -3.05. The summed E-state index contributed by atoms with van der Waals surface area (Å²) >= 11 is 0. The number of Topliss-reactive ketones (excluding diaryl/α,β-unsaturated/α-hetero) is 1. The van der Waals surface area contributed by atoms with Crippen molar-refractivity contribution in [3.8, 4) is 5.75 Å². The van der Waals surface area contributed by atoms with Crippen LogP contribution in [-0.4, -0.2) is 98.0 Å². The molecule has 2 rings (SSSR count). The van der Waals surface area contributed by atoms with Crippen molar-refractivity contribution in [3.63, 3.8) is 0 Å². The molecule has 2 aromatic rings. The fourth-order valence-corrected chi connectivity index (χ4v) is 3.62. The molecular weight excluding hydrogens is 500 g/mol. The summed E-state index contributed by atoms with van der Waals surface area (Å²) in [5.74, 6) is -4.69. The van der Waals surface area contributed by atoms with Crippen LogP contribution in [0, 0.1) is 0 Å². The van der Waals surface area contributed by atoms with Crippen LogP contribution < -0.4 is 4.74 Å². The highest BCUT2D eigenvalue weighted by Crippen LogP contribution is 2.27. The number of carbonyl (C=O) groups is 2. The van der Waals surface area contributed by atoms with Gasteiger partial charge in [-0.25, -0.2) is 4.79 Å². The molecule has 0 spiro atoms. The van der Waals surface area contributed by atoms with Crippen LogP contribution in [-0.2, 0) is 4.74 Å². The van der Waals surface area contributed by atoms with E-state index in [4.69, 9.17) is 14.6 Å². The number of aromatic carboxylic acids is 1. The Morgan fingerprint density at radius 2 is 1.61 bits per heavy atom. The van der Waals surface area contributed by atoms with Crippen LogP contribution in [0.1, 0.15) is 45.5 Å². The van der Waals surface area contributed by atoms with Crippen molar-refractivity contribution in [1.82, 2.24) is 0 Å². The van der Waals surface area contributed by atoms with Gasteiger partial charge in [-0.3, -0.25) is 4.79 Å². The van der Waals surface area contributed by atoms with Crippen molar-refractivity contribution >= 4 is 17.8 Å². The molecule has 7 N–H and O–H groups in total. The average Bonchev–Trinajstić information content (AvgIpc) is 2.95. The molecule has 0 aromatic heterocycles. The van der Waals surface area contributed by atoms with Crippen LogP contribution in [0.15, 0.2) is 54.6 Å². The molecule has 11 nitrogen and oxygen atoms in total. The lowest BCUT2D eigenvalue weighted by atomic mass is 9.83. The molecule has 0 radical (unpaired) electrons. The molecule has 0 saturated heterocycles. The number of unbranched alkanes of at least 4 members (excludes halogenated alkanes) is 2. The van der Waals surface area contributed by atoms with E-state index in [1.165, 1.54) is 12.1 Å². The zero-order valence-corrected chi connectivity index (χ0v) is 20.9. The minimum Gasteiger partial charge on any atom is -0.497 e. The first kappa shape index (κ1) is 31.1. The van der Waals surface area contributed by atoms with E-state index in [2.05, 4.69) is 0 Å². The van der Waals surface area contributed by atoms with E-state index in [1.54, 1.807) is 7.11 Å². The molecule has 38 heavy (non-hydrogen) atoms. The van der Waals surface area contributed by atoms with Crippen LogP contribution in [0.4, 0.5) is 0 Å². The Balaban J connectivity index is 1.97. The van der Waals surface area contributed by atoms with E-state index in [1.807, 2.05) is 36.4 Å². The molecule has 208 valence electrons. The van der Waals surface area contributed by atoms with E-state index in [0.29, 0.717) is 19.3 Å². The highest BCUT2D eigenvalue weighted by Gasteiger charge is 2.53. The Kier molecular flexibility index (Phi) is 11.5. The monoisotopic (exact) mass is 534 g/mol. The maximum absolute atomic E-state index is 12.9. The summed E-state index contributed by atoms with van der Waals surface area (Å²) in [6, 6.07) is 11.9. The largest absolute Gasteiger partial charge is 0.497 e. The predicted molar refractivity (Wildman–Crippen MR) is 136 cm³/mol. The van der Waals surface area contributed by atoms with E-state index in [9.17, 15) is 40.2 Å². The van der Waals surface area contributed by atoms with Crippen molar-refractivity contribution in [2.75, 3.05) is 26.9 Å². The second-order valence-corrected chi connectivity index (χ2v) is 8.71. The van der Waals surface area contributed by atoms with Gasteiger partial charge in [-0.2, -0.15) is 0 Å². The van der Waals surface area contributed by atoms with Gasteiger partial charge < -0.3 is 45.2 Å². The Bertz CT molecular complexity index is 1080. The molecule has 0 amide bonds. The number of rotatable bonds is 16. The predicted octanol–water partition coefficient (Wildman–Crippen LogP) is 0.602. The lowest BCUT2D eigenvalue weighted by molar-refractivity contribution is -0.300. The summed E-state index contributed by atoms with van der Waals surface area (Å²) in [6.07, 6.45) is 0.583. The van der Waals surface area contributed by atoms with Gasteiger partial charge in [0.05, 0.1) is 32.5 Å². The van der Waals surface area contributed by atoms with E-state index >= 15 is 0 Å². The van der Waals surface area contributed by atoms with Crippen molar-refractivity contribution in [2.45, 2.75) is 42.9 Å². The summed E-state index contributed by atoms with van der Waals surface area (Å²) < 4.78 is 10.3. The lowest BCUT2D eigenvalue weighted by Crippen LogP contribution is -2.64. The third kappa shape index (κ3) is 7.68. The number of carbonyl (C=O) groups excluding carboxylic acids is 1. The van der Waals surface area contributed by atoms with E-state index in [0.717, 1.165) is 23.4 Å². The fraction of sp³-hybridized carbons (Fsp3) is 0.407. The van der Waals surface area contributed by atoms with Crippen LogP contribution in [0.25, 0.3) is 6.08 Å². The Labute approximate surface area is 219 Å². The molecule has 0 heterocycles. The highest BCUT2D eigenvalue weighted by molar-refractivity contribution is 6.04. The average molecular weight is 535 g/mol. The number of aliphatic hydroxyl groups is 6. The smallest absolute Gasteiger partial charge is 0.335 e. The molecule has 4 atom stereocenters. The number of carboxylic acid groups (broad SMARTS) is 1. The zero-order chi connectivity index (χ0) is 28.3. The Hall–Kier alpha value is -3.16. The summed E-state index contributed by atoms with van der Waals surface area (Å²) in [6.45, 7) is -2.74. The number of benzene rings is 2. The highest BCUT2D eigenvalue weighted by atomic mass is 16.6. The van der Waals surface area contributed by atoms with Crippen LogP contribution in [0.5, 0.6) is 5.75 Å². The second-order valence-electron chi connectivity index (χ2n) is 8.71. The van der Waals surface area contributed by atoms with Gasteiger partial charge in [0.1, 0.15) is 18.0 Å². The van der Waals surface area contributed by atoms with Crippen molar-refractivity contribution in [3.05, 3.63) is 71.3 Å². The maximum atomic E-state index is 12.9. The number of methoxy groups -OCH3 is 1. The van der Waals surface area contributed by atoms with Crippen LogP contribution in [0.3, 0.4) is 0 Å². The van der Waals surface area contributed by atoms with Gasteiger partial charge in [0.15, 0.2) is 11.4 Å². The van der Waals surface area contributed by atoms with Crippen molar-refractivity contribution in [1.29, 1.82) is 0 Å². The molecule has 0 aliphatic rings. The summed E-state index contributed by atoms with van der Waals surface area (Å²) in [5.41, 5.74) is -2.73. The molecule has 2 aromatic carbocycles. The third-order valence-electron chi connectivity index (χ3n) is 6.03. The van der Waals surface area contributed by atoms with Gasteiger partial charge in [-0.05, 0) is 49.1 Å². The normalized spacial score (nSPS) is 16.4. The number of ether oxygens (including phenoxy) is 2. The lowest BCUT2D eigenvalue weighted by Gasteiger charge is -2.39. The molecule has 4 unspecified atom stereocenters. The van der Waals surface area contributed by atoms with E-state index in [-0.39, 0.29) is 17.7 Å². The van der Waals surface area contributed by atoms with E-state index < -0.39 is 48.6 Å². The Morgan fingerprint density at radius 1 is 0.947 bits per heavy atom. The Morgan fingerprint density at radius 3 is 2.18 bits per heavy atom. The standard InChI is InChI=1S/C27H34O11/c1-37-21-12-10-18(11-13-21)7-4-2-3-5-14-38-27(36,17-29)24(32)23(31)26(35,16-28)22(30)19-8-6-9-20(15-19)25(33)34/h4,6-13,15,23-24,28-29,31-32,35-36H,2-3,5,14,16-17H2,1H3,(H,33,34)/b7-4+. The number of allylic oxidation sites excluding steroid dienone is 1. The van der Waals surface area contributed by atoms with Crippen molar-refractivity contribution in [2.24, 2.45) is 0 Å². The first-order valence-corrected chi connectivity index (χ1v) is 11.9. The summed E-state index contributed by atoms with van der Waals surface area (Å²) in [4.78, 5) is 24.0. The molecule has 0 aliphatic heterocycles. The number of aliphatic hydroxyl groups excluding tert-OH is 4. The number of hydrogen-bond acceptors (Lipinski definition) is 10. The summed E-state index contributed by atoms with van der Waals surface area (Å²) in [5, 5.41) is 70.9. The number of carboxylic acids is 1. The topological polar surface area (TPSA) is 194 Å². The van der Waals surface area contributed by atoms with Crippen molar-refractivity contribution < 1.29 is 54.8 Å². The quantitative estimate of drug-likeness (QED) is 0.0905. The first-order valence-electron chi connectivity index (χ1n) is 11.9. The second kappa shape index (κ2) is 14.1. The number of hydrogen-bond donors (Lipinski definition) is 7. The first-order chi connectivity index (χ1) is 18.0. The molecule has 0 saturated carbocycles. The molecule has 0 fully saturated rings. The molecule has 11 heteroatoms. The van der Waals surface area contributed by atoms with Gasteiger partial charge >= 0.3 is 5.97 Å². The van der Waals surface area contributed by atoms with Gasteiger partial charge in [0, 0.05) is 5.56 Å². The van der Waals surface area contributed by atoms with Gasteiger partial charge in [-0.1, -0.05) is 36.4 Å². The van der Waals surface area contributed by atoms with Crippen LogP contribution in [0.2, 0.25) is 0 Å². The SMILES string of the molecule is COc1ccc(/C=C/CCCCOC(O)(CO)C(O)C(O)C(O)(CO)C(=O)c2cccc(C(=O)O)c2)cc1. The zero-order valence-electron chi connectivity index (χ0n) is 20.9. The van der Waals surface area contributed by atoms with Crippen LogP contribution >= 0.6 is 0 Å². The van der Waals surface area contributed by atoms with Gasteiger partial charge in [-0.15, -0.1) is 0 Å². The molecule has 0 aliphatic carbocycles. The number of ketones is 1. The maximum Gasteiger partial charge on any atom is 0.335 e. The fourth-order valence-electron chi connectivity index (χ4n) is 3.62. The van der Waals surface area contributed by atoms with Gasteiger partial charge in [0.25, 0.3) is 0 Å².